The minimum Gasteiger partial charge on any atom is -0.287 e. The van der Waals surface area contributed by atoms with Gasteiger partial charge in [0.1, 0.15) is 0 Å². The van der Waals surface area contributed by atoms with Crippen LogP contribution >= 0.6 is 27.7 Å². The smallest absolute Gasteiger partial charge is 0.280 e. The number of hydrogen-bond acceptors (Lipinski definition) is 4. The molecule has 3 aromatic rings. The second kappa shape index (κ2) is 7.10. The fraction of sp³-hybridized carbons (Fsp3) is 0.118. The summed E-state index contributed by atoms with van der Waals surface area (Å²) in [6, 6.07) is 17.5. The second-order valence-electron chi connectivity index (χ2n) is 4.98. The molecule has 116 valence electrons. The number of nitrogens with zero attached hydrogens (tertiary/aromatic N) is 3. The van der Waals surface area contributed by atoms with Gasteiger partial charge in [-0.25, -0.2) is 0 Å². The molecule has 0 radical (unpaired) electrons. The quantitative estimate of drug-likeness (QED) is 0.637. The predicted octanol–water partition coefficient (Wildman–Crippen LogP) is 3.90. The van der Waals surface area contributed by atoms with Crippen molar-refractivity contribution in [2.45, 2.75) is 10.9 Å². The van der Waals surface area contributed by atoms with Crippen LogP contribution in [0.4, 0.5) is 0 Å². The first-order valence-corrected chi connectivity index (χ1v) is 8.79. The second-order valence-corrected chi connectivity index (χ2v) is 6.83. The molecular formula is C17H14BrN3OS. The zero-order valence-corrected chi connectivity index (χ0v) is 14.8. The Balaban J connectivity index is 1.83. The summed E-state index contributed by atoms with van der Waals surface area (Å²) in [6.45, 7) is 0. The topological polar surface area (TPSA) is 47.8 Å². The molecule has 3 rings (SSSR count). The molecule has 1 aromatic heterocycles. The number of halogens is 1. The minimum absolute atomic E-state index is 0.135. The molecule has 1 heterocycles. The van der Waals surface area contributed by atoms with Crippen LogP contribution in [0, 0.1) is 0 Å². The molecule has 0 aliphatic rings. The number of aromatic nitrogens is 3. The van der Waals surface area contributed by atoms with Gasteiger partial charge in [0.05, 0.1) is 0 Å². The van der Waals surface area contributed by atoms with Gasteiger partial charge >= 0.3 is 0 Å². The van der Waals surface area contributed by atoms with E-state index in [0.717, 1.165) is 15.8 Å². The van der Waals surface area contributed by atoms with Crippen LogP contribution in [-0.4, -0.2) is 14.8 Å². The van der Waals surface area contributed by atoms with Crippen LogP contribution in [-0.2, 0) is 12.8 Å². The first-order chi connectivity index (χ1) is 11.1. The average molecular weight is 388 g/mol. The Kier molecular flexibility index (Phi) is 4.93. The average Bonchev–Trinajstić information content (AvgIpc) is 2.58. The maximum atomic E-state index is 12.5. The van der Waals surface area contributed by atoms with Crippen molar-refractivity contribution in [1.29, 1.82) is 0 Å². The molecule has 23 heavy (non-hydrogen) atoms. The molecular weight excluding hydrogens is 374 g/mol. The third-order valence-electron chi connectivity index (χ3n) is 3.36. The van der Waals surface area contributed by atoms with Gasteiger partial charge < -0.3 is 0 Å². The third kappa shape index (κ3) is 3.71. The fourth-order valence-corrected chi connectivity index (χ4v) is 3.21. The summed E-state index contributed by atoms with van der Waals surface area (Å²) in [6.07, 6.45) is 0. The lowest BCUT2D eigenvalue weighted by atomic mass is 10.2. The number of hydrogen-bond donors (Lipinski definition) is 0. The Morgan fingerprint density at radius 2 is 1.74 bits per heavy atom. The molecule has 0 amide bonds. The summed E-state index contributed by atoms with van der Waals surface area (Å²) in [5.41, 5.74) is 2.19. The largest absolute Gasteiger partial charge is 0.287 e. The van der Waals surface area contributed by atoms with Crippen LogP contribution < -0.4 is 5.56 Å². The summed E-state index contributed by atoms with van der Waals surface area (Å²) < 4.78 is 2.60. The van der Waals surface area contributed by atoms with Gasteiger partial charge in [0.2, 0.25) is 0 Å². The Bertz CT molecular complexity index is 863. The van der Waals surface area contributed by atoms with Crippen LogP contribution in [0.5, 0.6) is 0 Å². The molecule has 2 aromatic carbocycles. The van der Waals surface area contributed by atoms with Gasteiger partial charge in [-0.1, -0.05) is 70.2 Å². The number of rotatable bonds is 4. The van der Waals surface area contributed by atoms with Crippen LogP contribution in [0.25, 0.3) is 11.3 Å². The molecule has 0 spiro atoms. The van der Waals surface area contributed by atoms with Crippen molar-refractivity contribution >= 4 is 27.7 Å². The Morgan fingerprint density at radius 1 is 1.04 bits per heavy atom. The SMILES string of the molecule is Cn1c(SCc2ccc(Br)cc2)nnc(-c2ccccc2)c1=O. The van der Waals surface area contributed by atoms with Crippen molar-refractivity contribution in [2.24, 2.45) is 7.05 Å². The lowest BCUT2D eigenvalue weighted by Crippen LogP contribution is -2.23. The molecule has 0 fully saturated rings. The molecule has 0 saturated carbocycles. The molecule has 0 unspecified atom stereocenters. The maximum Gasteiger partial charge on any atom is 0.280 e. The molecule has 4 nitrogen and oxygen atoms in total. The van der Waals surface area contributed by atoms with Crippen molar-refractivity contribution in [2.75, 3.05) is 0 Å². The summed E-state index contributed by atoms with van der Waals surface area (Å²) in [5.74, 6) is 0.736. The summed E-state index contributed by atoms with van der Waals surface area (Å²) in [5, 5.41) is 8.95. The van der Waals surface area contributed by atoms with Gasteiger partial charge in [-0.15, -0.1) is 10.2 Å². The molecule has 0 aliphatic heterocycles. The Hall–Kier alpha value is -1.92. The maximum absolute atomic E-state index is 12.5. The van der Waals surface area contributed by atoms with E-state index in [1.807, 2.05) is 54.6 Å². The van der Waals surface area contributed by atoms with Crippen LogP contribution in [0.3, 0.4) is 0 Å². The predicted molar refractivity (Wildman–Crippen MR) is 96.4 cm³/mol. The first-order valence-electron chi connectivity index (χ1n) is 7.01. The zero-order valence-electron chi connectivity index (χ0n) is 12.4. The van der Waals surface area contributed by atoms with E-state index in [9.17, 15) is 4.79 Å². The van der Waals surface area contributed by atoms with Crippen LogP contribution in [0.2, 0.25) is 0 Å². The monoisotopic (exact) mass is 387 g/mol. The highest BCUT2D eigenvalue weighted by atomic mass is 79.9. The zero-order chi connectivity index (χ0) is 16.2. The van der Waals surface area contributed by atoms with Gasteiger partial charge in [0.15, 0.2) is 10.9 Å². The fourth-order valence-electron chi connectivity index (χ4n) is 2.08. The lowest BCUT2D eigenvalue weighted by molar-refractivity contribution is 0.666. The first kappa shape index (κ1) is 16.0. The van der Waals surface area contributed by atoms with E-state index in [0.29, 0.717) is 10.9 Å². The lowest BCUT2D eigenvalue weighted by Gasteiger charge is -2.08. The van der Waals surface area contributed by atoms with Crippen molar-refractivity contribution in [3.8, 4) is 11.3 Å². The van der Waals surface area contributed by atoms with E-state index in [1.165, 1.54) is 17.3 Å². The molecule has 0 bridgehead atoms. The van der Waals surface area contributed by atoms with E-state index in [1.54, 1.807) is 11.6 Å². The molecule has 6 heteroatoms. The van der Waals surface area contributed by atoms with Crippen molar-refractivity contribution < 1.29 is 0 Å². The third-order valence-corrected chi connectivity index (χ3v) is 4.98. The van der Waals surface area contributed by atoms with Gasteiger partial charge in [0, 0.05) is 22.8 Å². The Labute approximate surface area is 146 Å². The van der Waals surface area contributed by atoms with E-state index in [4.69, 9.17) is 0 Å². The van der Waals surface area contributed by atoms with Crippen LogP contribution in [0.1, 0.15) is 5.56 Å². The van der Waals surface area contributed by atoms with Gasteiger partial charge in [-0.05, 0) is 17.7 Å². The van der Waals surface area contributed by atoms with E-state index >= 15 is 0 Å². The highest BCUT2D eigenvalue weighted by molar-refractivity contribution is 9.10. The highest BCUT2D eigenvalue weighted by Crippen LogP contribution is 2.21. The van der Waals surface area contributed by atoms with Crippen LogP contribution in [0.15, 0.2) is 69.0 Å². The normalized spacial score (nSPS) is 10.7. The molecule has 0 aliphatic carbocycles. The van der Waals surface area contributed by atoms with E-state index in [-0.39, 0.29) is 5.56 Å². The highest BCUT2D eigenvalue weighted by Gasteiger charge is 2.11. The van der Waals surface area contributed by atoms with Crippen molar-refractivity contribution in [3.63, 3.8) is 0 Å². The molecule has 0 atom stereocenters. The van der Waals surface area contributed by atoms with Gasteiger partial charge in [-0.2, -0.15) is 0 Å². The van der Waals surface area contributed by atoms with Crippen molar-refractivity contribution in [1.82, 2.24) is 14.8 Å². The van der Waals surface area contributed by atoms with Crippen molar-refractivity contribution in [3.05, 3.63) is 75.0 Å². The van der Waals surface area contributed by atoms with Gasteiger partial charge in [-0.3, -0.25) is 9.36 Å². The van der Waals surface area contributed by atoms with E-state index < -0.39 is 0 Å². The number of thioether (sulfide) groups is 1. The standard InChI is InChI=1S/C17H14BrN3OS/c1-21-16(22)15(13-5-3-2-4-6-13)19-20-17(21)23-11-12-7-9-14(18)10-8-12/h2-10H,11H2,1H3. The molecule has 0 N–H and O–H groups in total. The summed E-state index contributed by atoms with van der Waals surface area (Å²) >= 11 is 4.92. The minimum atomic E-state index is -0.135. The number of benzene rings is 2. The summed E-state index contributed by atoms with van der Waals surface area (Å²) in [4.78, 5) is 12.5. The van der Waals surface area contributed by atoms with Gasteiger partial charge in [0.25, 0.3) is 5.56 Å². The Morgan fingerprint density at radius 3 is 2.43 bits per heavy atom. The molecule has 0 saturated heterocycles. The summed E-state index contributed by atoms with van der Waals surface area (Å²) in [7, 11) is 1.73. The van der Waals surface area contributed by atoms with E-state index in [2.05, 4.69) is 26.1 Å².